The summed E-state index contributed by atoms with van der Waals surface area (Å²) >= 11 is 5.93. The van der Waals surface area contributed by atoms with E-state index in [1.54, 1.807) is 69.3 Å². The van der Waals surface area contributed by atoms with E-state index in [0.717, 1.165) is 4.31 Å². The SMILES string of the molecule is CCOc1ccc(N(CC(=O)N/N=C\c2ccc(OCC(=O)OC(C)(C)C)cc2)S(=O)(=O)c2ccc(Cl)cc2)cc1. The summed E-state index contributed by atoms with van der Waals surface area (Å²) in [7, 11) is -4.12. The lowest BCUT2D eigenvalue weighted by atomic mass is 10.2. The normalized spacial score (nSPS) is 11.6. The van der Waals surface area contributed by atoms with Gasteiger partial charge in [-0.3, -0.25) is 9.10 Å². The fraction of sp³-hybridized carbons (Fsp3) is 0.276. The third-order valence-corrected chi connectivity index (χ3v) is 7.22. The van der Waals surface area contributed by atoms with Gasteiger partial charge in [0.05, 0.1) is 23.4 Å². The standard InChI is InChI=1S/C29H32ClN3O7S/c1-5-38-24-14-10-23(11-15-24)33(41(36,37)26-16-8-22(30)9-17-26)19-27(34)32-31-18-21-6-12-25(13-7-21)39-20-28(35)40-29(2,3)4/h6-18H,5,19-20H2,1-4H3,(H,32,34)/b31-18-. The largest absolute Gasteiger partial charge is 0.494 e. The van der Waals surface area contributed by atoms with Crippen LogP contribution in [0.3, 0.4) is 0 Å². The maximum absolute atomic E-state index is 13.5. The van der Waals surface area contributed by atoms with Gasteiger partial charge in [0.15, 0.2) is 6.61 Å². The molecule has 10 nitrogen and oxygen atoms in total. The summed E-state index contributed by atoms with van der Waals surface area (Å²) in [5, 5.41) is 4.32. The quantitative estimate of drug-likeness (QED) is 0.180. The third kappa shape index (κ3) is 9.80. The molecule has 218 valence electrons. The zero-order valence-corrected chi connectivity index (χ0v) is 24.7. The van der Waals surface area contributed by atoms with Gasteiger partial charge in [0.25, 0.3) is 15.9 Å². The molecule has 3 aromatic carbocycles. The molecule has 0 bridgehead atoms. The Morgan fingerprint density at radius 3 is 2.10 bits per heavy atom. The predicted octanol–water partition coefficient (Wildman–Crippen LogP) is 4.80. The molecule has 1 N–H and O–H groups in total. The molecular formula is C29H32ClN3O7S. The van der Waals surface area contributed by atoms with Crippen molar-refractivity contribution < 1.29 is 32.2 Å². The summed E-state index contributed by atoms with van der Waals surface area (Å²) in [6.45, 7) is 6.84. The van der Waals surface area contributed by atoms with Crippen LogP contribution in [0, 0.1) is 0 Å². The van der Waals surface area contributed by atoms with Crippen molar-refractivity contribution in [1.82, 2.24) is 5.43 Å². The number of nitrogens with one attached hydrogen (secondary N) is 1. The van der Waals surface area contributed by atoms with Crippen molar-refractivity contribution in [1.29, 1.82) is 0 Å². The van der Waals surface area contributed by atoms with Crippen LogP contribution in [0.25, 0.3) is 0 Å². The average Bonchev–Trinajstić information content (AvgIpc) is 2.91. The Balaban J connectivity index is 1.67. The summed E-state index contributed by atoms with van der Waals surface area (Å²) in [5.74, 6) is -0.126. The van der Waals surface area contributed by atoms with E-state index in [1.807, 2.05) is 6.92 Å². The number of hydrazone groups is 1. The molecule has 0 aliphatic heterocycles. The number of ether oxygens (including phenoxy) is 3. The molecule has 12 heteroatoms. The number of hydrogen-bond donors (Lipinski definition) is 1. The van der Waals surface area contributed by atoms with Crippen molar-refractivity contribution >= 4 is 45.4 Å². The molecule has 0 fully saturated rings. The number of carbonyl (C=O) groups is 2. The fourth-order valence-corrected chi connectivity index (χ4v) is 4.98. The molecule has 0 aliphatic carbocycles. The van der Waals surface area contributed by atoms with Gasteiger partial charge in [-0.25, -0.2) is 18.6 Å². The molecule has 0 heterocycles. The van der Waals surface area contributed by atoms with E-state index in [-0.39, 0.29) is 17.2 Å². The molecule has 1 amide bonds. The first-order valence-electron chi connectivity index (χ1n) is 12.6. The Kier molecular flexibility index (Phi) is 10.7. The van der Waals surface area contributed by atoms with Crippen molar-refractivity contribution in [2.24, 2.45) is 5.10 Å². The Morgan fingerprint density at radius 1 is 0.927 bits per heavy atom. The maximum Gasteiger partial charge on any atom is 0.344 e. The van der Waals surface area contributed by atoms with Gasteiger partial charge in [-0.2, -0.15) is 5.10 Å². The number of esters is 1. The highest BCUT2D eigenvalue weighted by molar-refractivity contribution is 7.92. The predicted molar refractivity (Wildman–Crippen MR) is 157 cm³/mol. The topological polar surface area (TPSA) is 124 Å². The minimum Gasteiger partial charge on any atom is -0.494 e. The van der Waals surface area contributed by atoms with Gasteiger partial charge < -0.3 is 14.2 Å². The Labute approximate surface area is 244 Å². The number of amides is 1. The van der Waals surface area contributed by atoms with E-state index >= 15 is 0 Å². The summed E-state index contributed by atoms with van der Waals surface area (Å²) in [5.41, 5.74) is 2.66. The van der Waals surface area contributed by atoms with Crippen LogP contribution in [0.5, 0.6) is 11.5 Å². The van der Waals surface area contributed by atoms with Gasteiger partial charge in [-0.1, -0.05) is 11.6 Å². The van der Waals surface area contributed by atoms with Crippen LogP contribution in [0.2, 0.25) is 5.02 Å². The number of hydrogen-bond acceptors (Lipinski definition) is 8. The van der Waals surface area contributed by atoms with E-state index in [0.29, 0.717) is 28.7 Å². The second-order valence-corrected chi connectivity index (χ2v) is 11.9. The summed E-state index contributed by atoms with van der Waals surface area (Å²) in [6, 6.07) is 18.7. The van der Waals surface area contributed by atoms with Crippen LogP contribution in [-0.4, -0.2) is 51.9 Å². The first-order valence-corrected chi connectivity index (χ1v) is 14.5. The second kappa shape index (κ2) is 14.0. The monoisotopic (exact) mass is 601 g/mol. The Morgan fingerprint density at radius 2 is 1.51 bits per heavy atom. The Hall–Kier alpha value is -4.09. The molecule has 0 saturated carbocycles. The van der Waals surface area contributed by atoms with Gasteiger partial charge in [0.2, 0.25) is 0 Å². The van der Waals surface area contributed by atoms with Gasteiger partial charge >= 0.3 is 5.97 Å². The minimum atomic E-state index is -4.12. The maximum atomic E-state index is 13.5. The highest BCUT2D eigenvalue weighted by atomic mass is 35.5. The van der Waals surface area contributed by atoms with E-state index < -0.39 is 34.0 Å². The molecule has 0 radical (unpaired) electrons. The number of sulfonamides is 1. The van der Waals surface area contributed by atoms with Crippen molar-refractivity contribution in [3.8, 4) is 11.5 Å². The zero-order valence-electron chi connectivity index (χ0n) is 23.2. The van der Waals surface area contributed by atoms with Gasteiger partial charge in [0, 0.05) is 5.02 Å². The lowest BCUT2D eigenvalue weighted by Gasteiger charge is -2.24. The molecule has 0 unspecified atom stereocenters. The zero-order chi connectivity index (χ0) is 30.0. The summed E-state index contributed by atoms with van der Waals surface area (Å²) in [4.78, 5) is 24.6. The first-order chi connectivity index (χ1) is 19.4. The average molecular weight is 602 g/mol. The van der Waals surface area contributed by atoms with Crippen LogP contribution in [0.1, 0.15) is 33.3 Å². The van der Waals surface area contributed by atoms with E-state index in [9.17, 15) is 18.0 Å². The Bertz CT molecular complexity index is 1450. The van der Waals surface area contributed by atoms with Crippen LogP contribution in [-0.2, 0) is 24.3 Å². The molecule has 41 heavy (non-hydrogen) atoms. The van der Waals surface area contributed by atoms with E-state index in [2.05, 4.69) is 10.5 Å². The number of benzene rings is 3. The lowest BCUT2D eigenvalue weighted by Crippen LogP contribution is -2.39. The van der Waals surface area contributed by atoms with Crippen molar-refractivity contribution in [2.45, 2.75) is 38.2 Å². The van der Waals surface area contributed by atoms with Crippen LogP contribution in [0.15, 0.2) is 82.8 Å². The van der Waals surface area contributed by atoms with Gasteiger partial charge in [-0.15, -0.1) is 0 Å². The summed E-state index contributed by atoms with van der Waals surface area (Å²) in [6.07, 6.45) is 1.39. The van der Waals surface area contributed by atoms with E-state index in [4.69, 9.17) is 25.8 Å². The van der Waals surface area contributed by atoms with Crippen LogP contribution >= 0.6 is 11.6 Å². The molecule has 0 spiro atoms. The number of halogens is 1. The minimum absolute atomic E-state index is 0.0268. The second-order valence-electron chi connectivity index (χ2n) is 9.63. The number of carbonyl (C=O) groups excluding carboxylic acids is 2. The van der Waals surface area contributed by atoms with Crippen molar-refractivity contribution in [2.75, 3.05) is 24.1 Å². The number of nitrogens with zero attached hydrogens (tertiary/aromatic N) is 2. The van der Waals surface area contributed by atoms with Crippen molar-refractivity contribution in [3.63, 3.8) is 0 Å². The highest BCUT2D eigenvalue weighted by Gasteiger charge is 2.27. The van der Waals surface area contributed by atoms with E-state index in [1.165, 1.54) is 30.5 Å². The molecule has 0 saturated heterocycles. The van der Waals surface area contributed by atoms with Crippen molar-refractivity contribution in [3.05, 3.63) is 83.4 Å². The smallest absolute Gasteiger partial charge is 0.344 e. The molecule has 0 atom stereocenters. The molecule has 3 aromatic rings. The molecule has 0 aliphatic rings. The van der Waals surface area contributed by atoms with Gasteiger partial charge in [-0.05, 0) is 106 Å². The number of anilines is 1. The van der Waals surface area contributed by atoms with Crippen LogP contribution < -0.4 is 19.2 Å². The lowest BCUT2D eigenvalue weighted by molar-refractivity contribution is -0.157. The van der Waals surface area contributed by atoms with Gasteiger partial charge in [0.1, 0.15) is 23.6 Å². The fourth-order valence-electron chi connectivity index (χ4n) is 3.43. The molecule has 0 aromatic heterocycles. The number of rotatable bonds is 12. The molecule has 3 rings (SSSR count). The van der Waals surface area contributed by atoms with Crippen LogP contribution in [0.4, 0.5) is 5.69 Å². The third-order valence-electron chi connectivity index (χ3n) is 5.18. The molecular weight excluding hydrogens is 570 g/mol. The first kappa shape index (κ1) is 31.4. The summed E-state index contributed by atoms with van der Waals surface area (Å²) < 4.78 is 44.0. The highest BCUT2D eigenvalue weighted by Crippen LogP contribution is 2.26.